The molecular formula is C18H24N2O4. The molecule has 0 radical (unpaired) electrons. The van der Waals surface area contributed by atoms with Crippen molar-refractivity contribution in [3.05, 3.63) is 29.3 Å². The van der Waals surface area contributed by atoms with Gasteiger partial charge >= 0.3 is 0 Å². The number of benzene rings is 1. The Morgan fingerprint density at radius 2 is 1.83 bits per heavy atom. The molecule has 0 atom stereocenters. The Labute approximate surface area is 142 Å². The molecule has 24 heavy (non-hydrogen) atoms. The van der Waals surface area contributed by atoms with E-state index < -0.39 is 5.79 Å². The van der Waals surface area contributed by atoms with Gasteiger partial charge in [-0.05, 0) is 31.0 Å². The summed E-state index contributed by atoms with van der Waals surface area (Å²) in [4.78, 5) is 26.2. The van der Waals surface area contributed by atoms with Gasteiger partial charge in [0.25, 0.3) is 0 Å². The number of nitrogens with one attached hydrogen (secondary N) is 1. The first-order chi connectivity index (χ1) is 11.5. The third kappa shape index (κ3) is 3.60. The second-order valence-electron chi connectivity index (χ2n) is 6.46. The van der Waals surface area contributed by atoms with E-state index in [0.717, 1.165) is 16.8 Å². The van der Waals surface area contributed by atoms with Crippen LogP contribution in [0, 0.1) is 13.8 Å². The standard InChI is InChI=1S/C18H24N2O4/c1-13-4-3-5-15(14(13)2)19-16(21)12-17(22)20-8-6-18(7-9-20)23-10-11-24-18/h3-5H,6-12H2,1-2H3,(H,19,21). The molecule has 2 fully saturated rings. The minimum Gasteiger partial charge on any atom is -0.347 e. The van der Waals surface area contributed by atoms with E-state index >= 15 is 0 Å². The Hall–Kier alpha value is -1.92. The fraction of sp³-hybridized carbons (Fsp3) is 0.556. The van der Waals surface area contributed by atoms with Crippen molar-refractivity contribution in [1.82, 2.24) is 4.90 Å². The number of rotatable bonds is 3. The second-order valence-corrected chi connectivity index (χ2v) is 6.46. The number of amides is 2. The van der Waals surface area contributed by atoms with E-state index in [9.17, 15) is 9.59 Å². The highest BCUT2D eigenvalue weighted by atomic mass is 16.7. The summed E-state index contributed by atoms with van der Waals surface area (Å²) in [5.41, 5.74) is 2.89. The zero-order valence-corrected chi connectivity index (χ0v) is 14.3. The molecule has 0 aromatic heterocycles. The smallest absolute Gasteiger partial charge is 0.233 e. The molecule has 0 aliphatic carbocycles. The molecular weight excluding hydrogens is 308 g/mol. The molecule has 6 heteroatoms. The summed E-state index contributed by atoms with van der Waals surface area (Å²) in [7, 11) is 0. The van der Waals surface area contributed by atoms with Gasteiger partial charge in [-0.3, -0.25) is 9.59 Å². The van der Waals surface area contributed by atoms with E-state index in [1.165, 1.54) is 0 Å². The van der Waals surface area contributed by atoms with Crippen molar-refractivity contribution in [2.24, 2.45) is 0 Å². The van der Waals surface area contributed by atoms with E-state index in [0.29, 0.717) is 39.1 Å². The van der Waals surface area contributed by atoms with Crippen molar-refractivity contribution < 1.29 is 19.1 Å². The predicted molar refractivity (Wildman–Crippen MR) is 89.6 cm³/mol. The van der Waals surface area contributed by atoms with Gasteiger partial charge in [-0.25, -0.2) is 0 Å². The summed E-state index contributed by atoms with van der Waals surface area (Å²) in [6, 6.07) is 5.74. The highest BCUT2D eigenvalue weighted by Gasteiger charge is 2.40. The fourth-order valence-electron chi connectivity index (χ4n) is 3.21. The largest absolute Gasteiger partial charge is 0.347 e. The number of hydrogen-bond donors (Lipinski definition) is 1. The quantitative estimate of drug-likeness (QED) is 0.860. The minimum absolute atomic E-state index is 0.137. The zero-order chi connectivity index (χ0) is 17.2. The van der Waals surface area contributed by atoms with E-state index in [4.69, 9.17) is 9.47 Å². The van der Waals surface area contributed by atoms with Gasteiger partial charge in [-0.15, -0.1) is 0 Å². The molecule has 130 valence electrons. The van der Waals surface area contributed by atoms with E-state index in [1.54, 1.807) is 4.90 Å². The number of likely N-dealkylation sites (tertiary alicyclic amines) is 1. The molecule has 1 aromatic carbocycles. The first-order valence-electron chi connectivity index (χ1n) is 8.41. The Balaban J connectivity index is 1.51. The molecule has 0 bridgehead atoms. The second kappa shape index (κ2) is 6.91. The van der Waals surface area contributed by atoms with Gasteiger partial charge in [-0.2, -0.15) is 0 Å². The van der Waals surface area contributed by atoms with Crippen LogP contribution in [0.4, 0.5) is 5.69 Å². The van der Waals surface area contributed by atoms with Gasteiger partial charge in [0.05, 0.1) is 13.2 Å². The number of carbonyl (C=O) groups is 2. The molecule has 1 spiro atoms. The molecule has 3 rings (SSSR count). The van der Waals surface area contributed by atoms with Crippen LogP contribution in [0.5, 0.6) is 0 Å². The lowest BCUT2D eigenvalue weighted by molar-refractivity contribution is -0.187. The maximum Gasteiger partial charge on any atom is 0.233 e. The molecule has 2 saturated heterocycles. The molecule has 2 heterocycles. The Bertz CT molecular complexity index is 628. The van der Waals surface area contributed by atoms with Gasteiger partial charge < -0.3 is 19.7 Å². The molecule has 1 aromatic rings. The number of nitrogens with zero attached hydrogens (tertiary/aromatic N) is 1. The van der Waals surface area contributed by atoms with E-state index in [2.05, 4.69) is 5.32 Å². The van der Waals surface area contributed by atoms with Gasteiger partial charge in [0, 0.05) is 31.6 Å². The van der Waals surface area contributed by atoms with Crippen LogP contribution < -0.4 is 5.32 Å². The maximum absolute atomic E-state index is 12.3. The molecule has 2 aliphatic heterocycles. The van der Waals surface area contributed by atoms with Crippen LogP contribution in [0.25, 0.3) is 0 Å². The predicted octanol–water partition coefficient (Wildman–Crippen LogP) is 2.00. The van der Waals surface area contributed by atoms with E-state index in [1.807, 2.05) is 32.0 Å². The van der Waals surface area contributed by atoms with Gasteiger partial charge in [-0.1, -0.05) is 12.1 Å². The van der Waals surface area contributed by atoms with Crippen molar-refractivity contribution in [3.8, 4) is 0 Å². The summed E-state index contributed by atoms with van der Waals surface area (Å²) < 4.78 is 11.3. The van der Waals surface area contributed by atoms with Crippen LogP contribution in [0.1, 0.15) is 30.4 Å². The lowest BCUT2D eigenvalue weighted by atomic mass is 10.0. The Kier molecular flexibility index (Phi) is 4.87. The van der Waals surface area contributed by atoms with Crippen molar-refractivity contribution in [2.45, 2.75) is 38.9 Å². The Morgan fingerprint density at radius 1 is 1.17 bits per heavy atom. The molecule has 1 N–H and O–H groups in total. The average molecular weight is 332 g/mol. The topological polar surface area (TPSA) is 67.9 Å². The van der Waals surface area contributed by atoms with Crippen LogP contribution in [0.3, 0.4) is 0 Å². The third-order valence-corrected chi connectivity index (χ3v) is 4.88. The lowest BCUT2D eigenvalue weighted by Gasteiger charge is -2.37. The maximum atomic E-state index is 12.3. The number of anilines is 1. The summed E-state index contributed by atoms with van der Waals surface area (Å²) in [5.74, 6) is -0.925. The van der Waals surface area contributed by atoms with E-state index in [-0.39, 0.29) is 18.2 Å². The first kappa shape index (κ1) is 16.9. The average Bonchev–Trinajstić information content (AvgIpc) is 3.00. The van der Waals surface area contributed by atoms with Gasteiger partial charge in [0.1, 0.15) is 6.42 Å². The van der Waals surface area contributed by atoms with Crippen LogP contribution in [0.2, 0.25) is 0 Å². The number of carbonyl (C=O) groups excluding carboxylic acids is 2. The highest BCUT2D eigenvalue weighted by molar-refractivity contribution is 6.03. The zero-order valence-electron chi connectivity index (χ0n) is 14.3. The van der Waals surface area contributed by atoms with Crippen LogP contribution in [-0.4, -0.2) is 48.8 Å². The number of ether oxygens (including phenoxy) is 2. The number of piperidine rings is 1. The highest BCUT2D eigenvalue weighted by Crippen LogP contribution is 2.31. The molecule has 2 amide bonds. The van der Waals surface area contributed by atoms with Crippen molar-refractivity contribution in [1.29, 1.82) is 0 Å². The number of hydrogen-bond acceptors (Lipinski definition) is 4. The normalized spacial score (nSPS) is 19.5. The van der Waals surface area contributed by atoms with Crippen LogP contribution >= 0.6 is 0 Å². The fourth-order valence-corrected chi connectivity index (χ4v) is 3.21. The van der Waals surface area contributed by atoms with Gasteiger partial charge in [0.2, 0.25) is 11.8 Å². The molecule has 0 saturated carbocycles. The van der Waals surface area contributed by atoms with Gasteiger partial charge in [0.15, 0.2) is 5.79 Å². The van der Waals surface area contributed by atoms with Crippen LogP contribution in [0.15, 0.2) is 18.2 Å². The minimum atomic E-state index is -0.502. The molecule has 6 nitrogen and oxygen atoms in total. The monoisotopic (exact) mass is 332 g/mol. The van der Waals surface area contributed by atoms with Crippen molar-refractivity contribution >= 4 is 17.5 Å². The number of aryl methyl sites for hydroxylation is 1. The SMILES string of the molecule is Cc1cccc(NC(=O)CC(=O)N2CCC3(CC2)OCCO3)c1C. The Morgan fingerprint density at radius 3 is 2.50 bits per heavy atom. The molecule has 2 aliphatic rings. The van der Waals surface area contributed by atoms with Crippen LogP contribution in [-0.2, 0) is 19.1 Å². The summed E-state index contributed by atoms with van der Waals surface area (Å²) in [6.07, 6.45) is 1.19. The summed E-state index contributed by atoms with van der Waals surface area (Å²) in [5, 5.41) is 2.83. The summed E-state index contributed by atoms with van der Waals surface area (Å²) in [6.45, 7) is 6.31. The van der Waals surface area contributed by atoms with Crippen molar-refractivity contribution in [2.75, 3.05) is 31.6 Å². The molecule has 0 unspecified atom stereocenters. The third-order valence-electron chi connectivity index (χ3n) is 4.88. The summed E-state index contributed by atoms with van der Waals surface area (Å²) >= 11 is 0. The lowest BCUT2D eigenvalue weighted by Crippen LogP contribution is -2.47. The first-order valence-corrected chi connectivity index (χ1v) is 8.41. The van der Waals surface area contributed by atoms with Crippen molar-refractivity contribution in [3.63, 3.8) is 0 Å².